The molecule has 0 aromatic heterocycles. The van der Waals surface area contributed by atoms with Crippen molar-refractivity contribution in [3.8, 4) is 0 Å². The Morgan fingerprint density at radius 2 is 1.83 bits per heavy atom. The number of rotatable bonds is 1. The Bertz CT molecular complexity index is 607. The standard InChI is InChI=1S/C15H15BrN2/c1-10-2-5-14(7-15(10)16)18-8-11-3-4-13(17)6-12(11)9-18/h2-7H,8-9,17H2,1H3. The first-order valence-electron chi connectivity index (χ1n) is 6.02. The van der Waals surface area contributed by atoms with Crippen LogP contribution < -0.4 is 10.6 Å². The summed E-state index contributed by atoms with van der Waals surface area (Å²) in [7, 11) is 0. The number of fused-ring (bicyclic) bond motifs is 1. The number of halogens is 1. The highest BCUT2D eigenvalue weighted by Gasteiger charge is 2.19. The molecular weight excluding hydrogens is 288 g/mol. The maximum atomic E-state index is 5.83. The zero-order chi connectivity index (χ0) is 12.7. The number of nitrogen functional groups attached to an aromatic ring is 1. The van der Waals surface area contributed by atoms with Crippen LogP contribution in [-0.4, -0.2) is 0 Å². The summed E-state index contributed by atoms with van der Waals surface area (Å²) in [4.78, 5) is 2.37. The lowest BCUT2D eigenvalue weighted by molar-refractivity contribution is 0.879. The molecule has 0 spiro atoms. The Kier molecular flexibility index (Phi) is 2.78. The summed E-state index contributed by atoms with van der Waals surface area (Å²) in [5.74, 6) is 0. The lowest BCUT2D eigenvalue weighted by Crippen LogP contribution is -2.14. The van der Waals surface area contributed by atoms with Crippen molar-refractivity contribution >= 4 is 27.3 Å². The Morgan fingerprint density at radius 3 is 2.61 bits per heavy atom. The van der Waals surface area contributed by atoms with Gasteiger partial charge in [0.15, 0.2) is 0 Å². The average Bonchev–Trinajstić information content (AvgIpc) is 2.75. The topological polar surface area (TPSA) is 29.3 Å². The van der Waals surface area contributed by atoms with Gasteiger partial charge in [-0.15, -0.1) is 0 Å². The fraction of sp³-hybridized carbons (Fsp3) is 0.200. The maximum Gasteiger partial charge on any atom is 0.0437 e. The van der Waals surface area contributed by atoms with Crippen molar-refractivity contribution in [2.75, 3.05) is 10.6 Å². The molecule has 0 aliphatic carbocycles. The summed E-state index contributed by atoms with van der Waals surface area (Å²) in [5, 5.41) is 0. The van der Waals surface area contributed by atoms with Crippen molar-refractivity contribution in [1.82, 2.24) is 0 Å². The first-order chi connectivity index (χ1) is 8.63. The fourth-order valence-corrected chi connectivity index (χ4v) is 2.74. The van der Waals surface area contributed by atoms with Crippen LogP contribution in [-0.2, 0) is 13.1 Å². The molecule has 2 aromatic rings. The first-order valence-corrected chi connectivity index (χ1v) is 6.81. The summed E-state index contributed by atoms with van der Waals surface area (Å²) in [6.45, 7) is 4.01. The smallest absolute Gasteiger partial charge is 0.0437 e. The van der Waals surface area contributed by atoms with Crippen LogP contribution in [0.1, 0.15) is 16.7 Å². The van der Waals surface area contributed by atoms with E-state index in [-0.39, 0.29) is 0 Å². The predicted octanol–water partition coefficient (Wildman–Crippen LogP) is 3.86. The molecule has 18 heavy (non-hydrogen) atoms. The number of hydrogen-bond acceptors (Lipinski definition) is 2. The molecule has 0 atom stereocenters. The molecule has 0 fully saturated rings. The van der Waals surface area contributed by atoms with E-state index in [2.05, 4.69) is 58.1 Å². The van der Waals surface area contributed by atoms with E-state index >= 15 is 0 Å². The van der Waals surface area contributed by atoms with Gasteiger partial charge < -0.3 is 10.6 Å². The second kappa shape index (κ2) is 4.32. The summed E-state index contributed by atoms with van der Waals surface area (Å²) < 4.78 is 1.16. The molecule has 2 nitrogen and oxygen atoms in total. The second-order valence-corrected chi connectivity index (χ2v) is 5.67. The van der Waals surface area contributed by atoms with Crippen LogP contribution in [0, 0.1) is 6.92 Å². The highest BCUT2D eigenvalue weighted by Crippen LogP contribution is 2.31. The van der Waals surface area contributed by atoms with E-state index < -0.39 is 0 Å². The van der Waals surface area contributed by atoms with Gasteiger partial charge in [0.2, 0.25) is 0 Å². The SMILES string of the molecule is Cc1ccc(N2Cc3ccc(N)cc3C2)cc1Br. The van der Waals surface area contributed by atoms with E-state index in [0.29, 0.717) is 0 Å². The Balaban J connectivity index is 1.91. The minimum atomic E-state index is 0.848. The molecule has 0 unspecified atom stereocenters. The zero-order valence-electron chi connectivity index (χ0n) is 10.3. The quantitative estimate of drug-likeness (QED) is 0.811. The third-order valence-electron chi connectivity index (χ3n) is 3.47. The maximum absolute atomic E-state index is 5.83. The minimum absolute atomic E-state index is 0.848. The van der Waals surface area contributed by atoms with Gasteiger partial charge >= 0.3 is 0 Å². The molecule has 2 aromatic carbocycles. The molecule has 0 saturated heterocycles. The molecule has 2 N–H and O–H groups in total. The van der Waals surface area contributed by atoms with Gasteiger partial charge in [0.25, 0.3) is 0 Å². The number of aryl methyl sites for hydroxylation is 1. The molecule has 3 rings (SSSR count). The Morgan fingerprint density at radius 1 is 1.06 bits per heavy atom. The van der Waals surface area contributed by atoms with E-state index in [1.165, 1.54) is 22.4 Å². The van der Waals surface area contributed by atoms with E-state index in [4.69, 9.17) is 5.73 Å². The summed E-state index contributed by atoms with van der Waals surface area (Å²) in [6, 6.07) is 12.7. The van der Waals surface area contributed by atoms with Crippen molar-refractivity contribution in [2.45, 2.75) is 20.0 Å². The van der Waals surface area contributed by atoms with Gasteiger partial charge in [0.1, 0.15) is 0 Å². The van der Waals surface area contributed by atoms with Gasteiger partial charge in [-0.3, -0.25) is 0 Å². The van der Waals surface area contributed by atoms with Crippen LogP contribution in [0.4, 0.5) is 11.4 Å². The van der Waals surface area contributed by atoms with E-state index in [0.717, 1.165) is 23.2 Å². The molecular formula is C15H15BrN2. The van der Waals surface area contributed by atoms with Crippen molar-refractivity contribution in [3.05, 3.63) is 57.6 Å². The van der Waals surface area contributed by atoms with Crippen LogP contribution >= 0.6 is 15.9 Å². The van der Waals surface area contributed by atoms with Gasteiger partial charge in [-0.1, -0.05) is 28.1 Å². The molecule has 92 valence electrons. The molecule has 1 heterocycles. The first kappa shape index (κ1) is 11.6. The van der Waals surface area contributed by atoms with Crippen molar-refractivity contribution in [2.24, 2.45) is 0 Å². The number of hydrogen-bond donors (Lipinski definition) is 1. The third kappa shape index (κ3) is 1.99. The molecule has 0 saturated carbocycles. The Labute approximate surface area is 116 Å². The second-order valence-electron chi connectivity index (χ2n) is 4.82. The van der Waals surface area contributed by atoms with Crippen LogP contribution in [0.3, 0.4) is 0 Å². The van der Waals surface area contributed by atoms with E-state index in [1.54, 1.807) is 0 Å². The van der Waals surface area contributed by atoms with Gasteiger partial charge in [-0.25, -0.2) is 0 Å². The normalized spacial score (nSPS) is 13.8. The van der Waals surface area contributed by atoms with Gasteiger partial charge in [0.05, 0.1) is 0 Å². The van der Waals surface area contributed by atoms with Crippen molar-refractivity contribution in [1.29, 1.82) is 0 Å². The van der Waals surface area contributed by atoms with Crippen LogP contribution in [0.2, 0.25) is 0 Å². The third-order valence-corrected chi connectivity index (χ3v) is 4.33. The van der Waals surface area contributed by atoms with Crippen LogP contribution in [0.25, 0.3) is 0 Å². The molecule has 0 amide bonds. The highest BCUT2D eigenvalue weighted by molar-refractivity contribution is 9.10. The number of nitrogens with two attached hydrogens (primary N) is 1. The molecule has 0 bridgehead atoms. The lowest BCUT2D eigenvalue weighted by Gasteiger charge is -2.18. The van der Waals surface area contributed by atoms with Crippen LogP contribution in [0.5, 0.6) is 0 Å². The minimum Gasteiger partial charge on any atom is -0.399 e. The summed E-state index contributed by atoms with van der Waals surface area (Å²) in [6.07, 6.45) is 0. The Hall–Kier alpha value is -1.48. The summed E-state index contributed by atoms with van der Waals surface area (Å²) >= 11 is 3.59. The van der Waals surface area contributed by atoms with Crippen LogP contribution in [0.15, 0.2) is 40.9 Å². The van der Waals surface area contributed by atoms with Gasteiger partial charge in [-0.05, 0) is 47.9 Å². The molecule has 1 aliphatic heterocycles. The van der Waals surface area contributed by atoms with Gasteiger partial charge in [0, 0.05) is 28.9 Å². The lowest BCUT2D eigenvalue weighted by atomic mass is 10.1. The average molecular weight is 303 g/mol. The predicted molar refractivity (Wildman–Crippen MR) is 79.6 cm³/mol. The van der Waals surface area contributed by atoms with E-state index in [9.17, 15) is 0 Å². The largest absolute Gasteiger partial charge is 0.399 e. The number of anilines is 2. The van der Waals surface area contributed by atoms with E-state index in [1.807, 2.05) is 6.07 Å². The zero-order valence-corrected chi connectivity index (χ0v) is 11.9. The molecule has 3 heteroatoms. The fourth-order valence-electron chi connectivity index (χ4n) is 2.38. The monoisotopic (exact) mass is 302 g/mol. The molecule has 1 aliphatic rings. The number of benzene rings is 2. The van der Waals surface area contributed by atoms with Crippen molar-refractivity contribution < 1.29 is 0 Å². The number of nitrogens with zero attached hydrogens (tertiary/aromatic N) is 1. The van der Waals surface area contributed by atoms with Crippen molar-refractivity contribution in [3.63, 3.8) is 0 Å². The highest BCUT2D eigenvalue weighted by atomic mass is 79.9. The summed E-state index contributed by atoms with van der Waals surface area (Å²) in [5.41, 5.74) is 11.9. The van der Waals surface area contributed by atoms with Gasteiger partial charge in [-0.2, -0.15) is 0 Å². The molecule has 0 radical (unpaired) electrons.